The van der Waals surface area contributed by atoms with E-state index in [0.717, 1.165) is 12.1 Å². The van der Waals surface area contributed by atoms with Gasteiger partial charge in [-0.25, -0.2) is 0 Å². The lowest BCUT2D eigenvalue weighted by atomic mass is 9.96. The highest BCUT2D eigenvalue weighted by molar-refractivity contribution is 6.30. The van der Waals surface area contributed by atoms with Gasteiger partial charge in [-0.3, -0.25) is 4.79 Å². The van der Waals surface area contributed by atoms with Crippen molar-refractivity contribution in [1.29, 1.82) is 0 Å². The van der Waals surface area contributed by atoms with Gasteiger partial charge in [0.2, 0.25) is 0 Å². The molecule has 122 valence electrons. The molecule has 23 heavy (non-hydrogen) atoms. The van der Waals surface area contributed by atoms with Crippen molar-refractivity contribution in [3.05, 3.63) is 64.7 Å². The summed E-state index contributed by atoms with van der Waals surface area (Å²) in [6.07, 6.45) is -4.22. The zero-order valence-corrected chi connectivity index (χ0v) is 13.0. The molecule has 0 aromatic heterocycles. The summed E-state index contributed by atoms with van der Waals surface area (Å²) in [7, 11) is 1.48. The number of hydrogen-bond donors (Lipinski definition) is 0. The minimum atomic E-state index is -4.40. The van der Waals surface area contributed by atoms with Crippen molar-refractivity contribution in [2.24, 2.45) is 0 Å². The molecular formula is C17H14ClF3O2. The third kappa shape index (κ3) is 4.26. The van der Waals surface area contributed by atoms with Crippen LogP contribution in [0.25, 0.3) is 0 Å². The number of benzene rings is 2. The molecule has 0 aliphatic rings. The van der Waals surface area contributed by atoms with Crippen LogP contribution in [-0.2, 0) is 12.6 Å². The maximum absolute atomic E-state index is 12.8. The van der Waals surface area contributed by atoms with Gasteiger partial charge in [-0.15, -0.1) is 11.6 Å². The monoisotopic (exact) mass is 342 g/mol. The molecule has 2 aromatic rings. The summed E-state index contributed by atoms with van der Waals surface area (Å²) < 4.78 is 43.5. The Bertz CT molecular complexity index is 711. The molecule has 2 aromatic carbocycles. The van der Waals surface area contributed by atoms with Crippen molar-refractivity contribution in [2.75, 3.05) is 13.0 Å². The van der Waals surface area contributed by atoms with E-state index in [1.165, 1.54) is 13.2 Å². The van der Waals surface area contributed by atoms with E-state index in [4.69, 9.17) is 16.3 Å². The first-order valence-corrected chi connectivity index (χ1v) is 7.31. The number of rotatable bonds is 5. The minimum absolute atomic E-state index is 0.180. The summed E-state index contributed by atoms with van der Waals surface area (Å²) >= 11 is 5.59. The van der Waals surface area contributed by atoms with Gasteiger partial charge in [0.1, 0.15) is 5.75 Å². The van der Waals surface area contributed by atoms with Crippen LogP contribution in [0.3, 0.4) is 0 Å². The lowest BCUT2D eigenvalue weighted by Gasteiger charge is -2.12. The van der Waals surface area contributed by atoms with Gasteiger partial charge in [-0.1, -0.05) is 18.2 Å². The van der Waals surface area contributed by atoms with Crippen LogP contribution in [0.5, 0.6) is 5.75 Å². The highest BCUT2D eigenvalue weighted by Crippen LogP contribution is 2.30. The fourth-order valence-electron chi connectivity index (χ4n) is 2.26. The van der Waals surface area contributed by atoms with E-state index in [1.807, 2.05) is 0 Å². The average Bonchev–Trinajstić information content (AvgIpc) is 2.53. The van der Waals surface area contributed by atoms with E-state index in [9.17, 15) is 18.0 Å². The third-order valence-electron chi connectivity index (χ3n) is 3.38. The lowest BCUT2D eigenvalue weighted by molar-refractivity contribution is -0.137. The van der Waals surface area contributed by atoms with Crippen molar-refractivity contribution in [1.82, 2.24) is 0 Å². The molecule has 0 heterocycles. The van der Waals surface area contributed by atoms with Crippen LogP contribution in [0.2, 0.25) is 0 Å². The van der Waals surface area contributed by atoms with Gasteiger partial charge >= 0.3 is 6.18 Å². The van der Waals surface area contributed by atoms with Crippen LogP contribution in [0.1, 0.15) is 27.0 Å². The second-order valence-corrected chi connectivity index (χ2v) is 5.22. The Morgan fingerprint density at radius 2 is 1.91 bits per heavy atom. The zero-order valence-electron chi connectivity index (χ0n) is 12.3. The first-order valence-electron chi connectivity index (χ1n) is 6.77. The van der Waals surface area contributed by atoms with E-state index < -0.39 is 11.7 Å². The molecule has 0 aliphatic carbocycles. The molecule has 0 N–H and O–H groups in total. The Morgan fingerprint density at radius 1 is 1.17 bits per heavy atom. The highest BCUT2D eigenvalue weighted by Gasteiger charge is 2.30. The van der Waals surface area contributed by atoms with Gasteiger partial charge in [0.25, 0.3) is 0 Å². The number of alkyl halides is 4. The van der Waals surface area contributed by atoms with Crippen LogP contribution in [-0.4, -0.2) is 18.8 Å². The molecule has 0 saturated carbocycles. The maximum Gasteiger partial charge on any atom is 0.416 e. The number of Topliss-reactive ketones (excluding diaryl/α,β-unsaturated/α-hetero) is 1. The number of carbonyl (C=O) groups is 1. The molecule has 0 amide bonds. The predicted molar refractivity (Wildman–Crippen MR) is 82.3 cm³/mol. The molecule has 2 nitrogen and oxygen atoms in total. The van der Waals surface area contributed by atoms with Gasteiger partial charge in [0, 0.05) is 5.56 Å². The maximum atomic E-state index is 12.8. The fourth-order valence-corrected chi connectivity index (χ4v) is 2.41. The van der Waals surface area contributed by atoms with Crippen LogP contribution in [0.15, 0.2) is 42.5 Å². The third-order valence-corrected chi connectivity index (χ3v) is 3.63. The van der Waals surface area contributed by atoms with Gasteiger partial charge < -0.3 is 4.74 Å². The Hall–Kier alpha value is -2.01. The van der Waals surface area contributed by atoms with Crippen molar-refractivity contribution in [3.63, 3.8) is 0 Å². The van der Waals surface area contributed by atoms with Crippen molar-refractivity contribution < 1.29 is 22.7 Å². The average molecular weight is 343 g/mol. The van der Waals surface area contributed by atoms with Gasteiger partial charge in [-0.05, 0) is 41.8 Å². The van der Waals surface area contributed by atoms with Gasteiger partial charge in [-0.2, -0.15) is 13.2 Å². The summed E-state index contributed by atoms with van der Waals surface area (Å²) in [5.41, 5.74) is 0.701. The molecule has 0 aliphatic heterocycles. The van der Waals surface area contributed by atoms with Crippen molar-refractivity contribution in [3.8, 4) is 5.75 Å². The second-order valence-electron chi connectivity index (χ2n) is 4.95. The van der Waals surface area contributed by atoms with Crippen molar-refractivity contribution >= 4 is 17.4 Å². The van der Waals surface area contributed by atoms with Crippen LogP contribution < -0.4 is 4.74 Å². The Labute approximate surface area is 136 Å². The molecule has 2 rings (SSSR count). The van der Waals surface area contributed by atoms with Crippen LogP contribution in [0.4, 0.5) is 13.2 Å². The molecule has 0 saturated heterocycles. The van der Waals surface area contributed by atoms with E-state index >= 15 is 0 Å². The Morgan fingerprint density at radius 3 is 2.52 bits per heavy atom. The largest absolute Gasteiger partial charge is 0.497 e. The fraction of sp³-hybridized carbons (Fsp3) is 0.235. The summed E-state index contributed by atoms with van der Waals surface area (Å²) in [6.45, 7) is 0. The van der Waals surface area contributed by atoms with E-state index in [-0.39, 0.29) is 18.1 Å². The molecule has 0 fully saturated rings. The lowest BCUT2D eigenvalue weighted by Crippen LogP contribution is -2.08. The number of hydrogen-bond acceptors (Lipinski definition) is 2. The van der Waals surface area contributed by atoms with E-state index in [1.54, 1.807) is 24.3 Å². The van der Waals surface area contributed by atoms with Crippen LogP contribution in [0, 0.1) is 0 Å². The van der Waals surface area contributed by atoms with Gasteiger partial charge in [0.15, 0.2) is 5.78 Å². The van der Waals surface area contributed by atoms with Gasteiger partial charge in [0.05, 0.1) is 18.6 Å². The number of ketones is 1. The summed E-state index contributed by atoms with van der Waals surface area (Å²) in [5.74, 6) is 0.0523. The Balaban J connectivity index is 2.41. The normalized spacial score (nSPS) is 11.3. The summed E-state index contributed by atoms with van der Waals surface area (Å²) in [5, 5.41) is 0. The number of halogens is 4. The van der Waals surface area contributed by atoms with E-state index in [2.05, 4.69) is 0 Å². The minimum Gasteiger partial charge on any atom is -0.497 e. The summed E-state index contributed by atoms with van der Waals surface area (Å²) in [4.78, 5) is 11.9. The number of methoxy groups -OCH3 is 1. The number of ether oxygens (including phenoxy) is 1. The number of carbonyl (C=O) groups excluding carboxylic acids is 1. The standard InChI is InChI=1S/C17H14ClF3O2/c1-23-14-5-6-15(16(22)10-18)12(9-14)7-11-3-2-4-13(8-11)17(19,20)21/h2-6,8-9H,7,10H2,1H3. The first kappa shape index (κ1) is 17.3. The molecule has 0 spiro atoms. The van der Waals surface area contributed by atoms with Crippen LogP contribution >= 0.6 is 11.6 Å². The van der Waals surface area contributed by atoms with E-state index in [0.29, 0.717) is 22.4 Å². The zero-order chi connectivity index (χ0) is 17.0. The topological polar surface area (TPSA) is 26.3 Å². The molecule has 0 bridgehead atoms. The molecule has 6 heteroatoms. The smallest absolute Gasteiger partial charge is 0.416 e. The molecule has 0 radical (unpaired) electrons. The first-order chi connectivity index (χ1) is 10.8. The molecule has 0 unspecified atom stereocenters. The molecule has 0 atom stereocenters. The molecular weight excluding hydrogens is 329 g/mol. The highest BCUT2D eigenvalue weighted by atomic mass is 35.5. The second kappa shape index (κ2) is 7.04. The summed E-state index contributed by atoms with van der Waals surface area (Å²) in [6, 6.07) is 9.86. The SMILES string of the molecule is COc1ccc(C(=O)CCl)c(Cc2cccc(C(F)(F)F)c2)c1. The predicted octanol–water partition coefficient (Wildman–Crippen LogP) is 4.73. The Kier molecular flexibility index (Phi) is 5.31. The quantitative estimate of drug-likeness (QED) is 0.580. The van der Waals surface area contributed by atoms with Crippen molar-refractivity contribution in [2.45, 2.75) is 12.6 Å².